The van der Waals surface area contributed by atoms with Gasteiger partial charge in [0.15, 0.2) is 0 Å². The van der Waals surface area contributed by atoms with Crippen molar-refractivity contribution in [3.8, 4) is 0 Å². The standard InChI is InChI=1S/C18H19ClN4O2/c1-2-25-15-10-21-7-3-4-14(21)9-23(11-15)18(24)16-12-22-8-13(19)5-6-17(22)20-16/h3-8,12,15H,2,9-11H2,1H3/t15-/m1/s1. The van der Waals surface area contributed by atoms with Crippen LogP contribution in [0.15, 0.2) is 42.9 Å². The molecule has 0 aliphatic carbocycles. The molecular formula is C18H19ClN4O2. The molecule has 130 valence electrons. The summed E-state index contributed by atoms with van der Waals surface area (Å²) in [6.45, 7) is 4.43. The van der Waals surface area contributed by atoms with Crippen LogP contribution in [0.3, 0.4) is 0 Å². The maximum Gasteiger partial charge on any atom is 0.274 e. The Balaban J connectivity index is 1.65. The number of rotatable bonds is 3. The molecule has 0 bridgehead atoms. The van der Waals surface area contributed by atoms with Crippen LogP contribution in [0.5, 0.6) is 0 Å². The Bertz CT molecular complexity index is 917. The fraction of sp³-hybridized carbons (Fsp3) is 0.333. The molecule has 0 saturated carbocycles. The van der Waals surface area contributed by atoms with Gasteiger partial charge in [-0.2, -0.15) is 0 Å². The molecule has 1 atom stereocenters. The van der Waals surface area contributed by atoms with Crippen LogP contribution < -0.4 is 0 Å². The number of amides is 1. The minimum absolute atomic E-state index is 0.0333. The molecule has 3 aromatic rings. The molecule has 1 aliphatic rings. The van der Waals surface area contributed by atoms with E-state index < -0.39 is 0 Å². The van der Waals surface area contributed by atoms with E-state index in [0.717, 1.165) is 12.2 Å². The zero-order valence-corrected chi connectivity index (χ0v) is 14.7. The van der Waals surface area contributed by atoms with Crippen molar-refractivity contribution in [2.75, 3.05) is 13.2 Å². The second-order valence-electron chi connectivity index (χ2n) is 6.15. The average molecular weight is 359 g/mol. The second-order valence-corrected chi connectivity index (χ2v) is 6.59. The highest BCUT2D eigenvalue weighted by Crippen LogP contribution is 2.19. The van der Waals surface area contributed by atoms with Crippen molar-refractivity contribution in [2.24, 2.45) is 0 Å². The highest BCUT2D eigenvalue weighted by Gasteiger charge is 2.27. The summed E-state index contributed by atoms with van der Waals surface area (Å²) in [7, 11) is 0. The zero-order chi connectivity index (χ0) is 17.4. The van der Waals surface area contributed by atoms with Gasteiger partial charge in [-0.3, -0.25) is 4.79 Å². The quantitative estimate of drug-likeness (QED) is 0.723. The van der Waals surface area contributed by atoms with E-state index in [-0.39, 0.29) is 12.0 Å². The predicted molar refractivity (Wildman–Crippen MR) is 94.8 cm³/mol. The van der Waals surface area contributed by atoms with Gasteiger partial charge >= 0.3 is 0 Å². The molecular weight excluding hydrogens is 340 g/mol. The molecule has 0 unspecified atom stereocenters. The Hall–Kier alpha value is -2.31. The molecule has 0 radical (unpaired) electrons. The first kappa shape index (κ1) is 16.2. The predicted octanol–water partition coefficient (Wildman–Crippen LogP) is 2.85. The van der Waals surface area contributed by atoms with Gasteiger partial charge in [-0.25, -0.2) is 4.98 Å². The number of carbonyl (C=O) groups excluding carboxylic acids is 1. The third-order valence-corrected chi connectivity index (χ3v) is 4.65. The second kappa shape index (κ2) is 6.54. The fourth-order valence-electron chi connectivity index (χ4n) is 3.28. The third kappa shape index (κ3) is 3.15. The van der Waals surface area contributed by atoms with Crippen LogP contribution in [0.1, 0.15) is 23.1 Å². The molecule has 7 heteroatoms. The fourth-order valence-corrected chi connectivity index (χ4v) is 3.45. The van der Waals surface area contributed by atoms with Crippen molar-refractivity contribution in [3.05, 3.63) is 59.3 Å². The maximum absolute atomic E-state index is 13.0. The van der Waals surface area contributed by atoms with Crippen molar-refractivity contribution in [3.63, 3.8) is 0 Å². The Kier molecular flexibility index (Phi) is 4.23. The number of hydrogen-bond acceptors (Lipinski definition) is 3. The van der Waals surface area contributed by atoms with E-state index in [9.17, 15) is 4.79 Å². The summed E-state index contributed by atoms with van der Waals surface area (Å²) in [5.74, 6) is -0.0980. The van der Waals surface area contributed by atoms with Gasteiger partial charge in [0.1, 0.15) is 11.3 Å². The monoisotopic (exact) mass is 358 g/mol. The summed E-state index contributed by atoms with van der Waals surface area (Å²) in [4.78, 5) is 19.3. The van der Waals surface area contributed by atoms with E-state index in [2.05, 4.69) is 9.55 Å². The number of hydrogen-bond donors (Lipinski definition) is 0. The Morgan fingerprint density at radius 3 is 3.04 bits per heavy atom. The first-order valence-electron chi connectivity index (χ1n) is 8.33. The van der Waals surface area contributed by atoms with Gasteiger partial charge in [0.25, 0.3) is 5.91 Å². The molecule has 3 aromatic heterocycles. The largest absolute Gasteiger partial charge is 0.375 e. The van der Waals surface area contributed by atoms with Crippen molar-refractivity contribution in [1.29, 1.82) is 0 Å². The Morgan fingerprint density at radius 1 is 1.32 bits per heavy atom. The SMILES string of the molecule is CCO[C@H]1CN(C(=O)c2cn3cc(Cl)ccc3n2)Cc2cccn2C1. The lowest BCUT2D eigenvalue weighted by molar-refractivity contribution is 0.0256. The number of imidazole rings is 1. The average Bonchev–Trinajstić information content (AvgIpc) is 3.16. The van der Waals surface area contributed by atoms with Crippen LogP contribution in [0.25, 0.3) is 5.65 Å². The minimum Gasteiger partial charge on any atom is -0.375 e. The lowest BCUT2D eigenvalue weighted by atomic mass is 10.3. The number of fused-ring (bicyclic) bond motifs is 2. The maximum atomic E-state index is 13.0. The summed E-state index contributed by atoms with van der Waals surface area (Å²) < 4.78 is 9.75. The van der Waals surface area contributed by atoms with E-state index >= 15 is 0 Å². The lowest BCUT2D eigenvalue weighted by Crippen LogP contribution is -2.37. The van der Waals surface area contributed by atoms with Crippen LogP contribution in [-0.2, 0) is 17.8 Å². The first-order valence-corrected chi connectivity index (χ1v) is 8.71. The molecule has 0 saturated heterocycles. The van der Waals surface area contributed by atoms with Crippen LogP contribution in [0.2, 0.25) is 5.02 Å². The number of halogens is 1. The van der Waals surface area contributed by atoms with E-state index in [1.54, 1.807) is 28.9 Å². The van der Waals surface area contributed by atoms with Gasteiger partial charge in [0, 0.05) is 37.4 Å². The molecule has 0 N–H and O–H groups in total. The Labute approximate surface area is 150 Å². The molecule has 0 aromatic carbocycles. The number of ether oxygens (including phenoxy) is 1. The van der Waals surface area contributed by atoms with Crippen LogP contribution in [0, 0.1) is 0 Å². The Morgan fingerprint density at radius 2 is 2.20 bits per heavy atom. The molecule has 0 fully saturated rings. The summed E-state index contributed by atoms with van der Waals surface area (Å²) in [5.41, 5.74) is 2.21. The van der Waals surface area contributed by atoms with Gasteiger partial charge < -0.3 is 18.6 Å². The zero-order valence-electron chi connectivity index (χ0n) is 13.9. The van der Waals surface area contributed by atoms with Crippen molar-refractivity contribution in [1.82, 2.24) is 18.9 Å². The van der Waals surface area contributed by atoms with Gasteiger partial charge in [0.2, 0.25) is 0 Å². The number of carbonyl (C=O) groups is 1. The minimum atomic E-state index is -0.0980. The van der Waals surface area contributed by atoms with Crippen LogP contribution >= 0.6 is 11.6 Å². The normalized spacial score (nSPS) is 17.5. The van der Waals surface area contributed by atoms with E-state index in [1.165, 1.54) is 0 Å². The van der Waals surface area contributed by atoms with Crippen molar-refractivity contribution >= 4 is 23.2 Å². The molecule has 6 nitrogen and oxygen atoms in total. The van der Waals surface area contributed by atoms with Gasteiger partial charge in [-0.1, -0.05) is 11.6 Å². The van der Waals surface area contributed by atoms with Crippen molar-refractivity contribution < 1.29 is 9.53 Å². The summed E-state index contributed by atoms with van der Waals surface area (Å²) in [6, 6.07) is 7.61. The highest BCUT2D eigenvalue weighted by atomic mass is 35.5. The summed E-state index contributed by atoms with van der Waals surface area (Å²) in [6.07, 6.45) is 5.47. The summed E-state index contributed by atoms with van der Waals surface area (Å²) in [5, 5.41) is 0.605. The van der Waals surface area contributed by atoms with E-state index in [0.29, 0.717) is 36.1 Å². The van der Waals surface area contributed by atoms with E-state index in [4.69, 9.17) is 16.3 Å². The summed E-state index contributed by atoms with van der Waals surface area (Å²) >= 11 is 6.01. The van der Waals surface area contributed by atoms with Gasteiger partial charge in [-0.15, -0.1) is 0 Å². The topological polar surface area (TPSA) is 51.8 Å². The molecule has 1 aliphatic heterocycles. The van der Waals surface area contributed by atoms with E-state index in [1.807, 2.05) is 30.2 Å². The van der Waals surface area contributed by atoms with Crippen LogP contribution in [-0.4, -0.2) is 44.0 Å². The third-order valence-electron chi connectivity index (χ3n) is 4.42. The number of pyridine rings is 1. The molecule has 4 rings (SSSR count). The first-order chi connectivity index (χ1) is 12.1. The molecule has 0 spiro atoms. The highest BCUT2D eigenvalue weighted by molar-refractivity contribution is 6.30. The van der Waals surface area contributed by atoms with Crippen LogP contribution in [0.4, 0.5) is 0 Å². The number of aromatic nitrogens is 3. The molecule has 1 amide bonds. The van der Waals surface area contributed by atoms with Crippen molar-refractivity contribution in [2.45, 2.75) is 26.1 Å². The number of nitrogens with zero attached hydrogens (tertiary/aromatic N) is 4. The van der Waals surface area contributed by atoms with Gasteiger partial charge in [-0.05, 0) is 31.2 Å². The molecule has 4 heterocycles. The smallest absolute Gasteiger partial charge is 0.274 e. The lowest BCUT2D eigenvalue weighted by Gasteiger charge is -2.23. The van der Waals surface area contributed by atoms with Gasteiger partial charge in [0.05, 0.1) is 24.2 Å². The molecule has 25 heavy (non-hydrogen) atoms.